The number of carbonyl (C=O) groups excluding carboxylic acids is 1. The molecule has 0 heterocycles. The lowest BCUT2D eigenvalue weighted by molar-refractivity contribution is -0.121. The number of benzene rings is 1. The van der Waals surface area contributed by atoms with Crippen molar-refractivity contribution in [1.82, 2.24) is 16.0 Å². The van der Waals surface area contributed by atoms with Crippen LogP contribution in [-0.2, 0) is 11.3 Å². The second-order valence-electron chi connectivity index (χ2n) is 6.43. The molecule has 1 amide bonds. The van der Waals surface area contributed by atoms with Crippen LogP contribution in [0.1, 0.15) is 38.8 Å². The highest BCUT2D eigenvalue weighted by Crippen LogP contribution is 2.09. The molecule has 0 saturated heterocycles. The maximum Gasteiger partial charge on any atom is 0.239 e. The molecule has 5 nitrogen and oxygen atoms in total. The molecule has 0 unspecified atom stereocenters. The van der Waals surface area contributed by atoms with E-state index < -0.39 is 0 Å². The summed E-state index contributed by atoms with van der Waals surface area (Å²) in [4.78, 5) is 16.2. The van der Waals surface area contributed by atoms with Gasteiger partial charge >= 0.3 is 0 Å². The molecule has 128 valence electrons. The van der Waals surface area contributed by atoms with Crippen LogP contribution in [0.15, 0.2) is 23.2 Å². The molecular formula is C17H27FN4O. The Morgan fingerprint density at radius 2 is 1.96 bits per heavy atom. The Morgan fingerprint density at radius 3 is 2.52 bits per heavy atom. The number of hydrogen-bond acceptors (Lipinski definition) is 2. The zero-order valence-electron chi connectivity index (χ0n) is 14.6. The molecule has 6 heteroatoms. The van der Waals surface area contributed by atoms with Crippen molar-refractivity contribution in [3.05, 3.63) is 35.1 Å². The number of nitrogens with zero attached hydrogens (tertiary/aromatic N) is 1. The van der Waals surface area contributed by atoms with Crippen molar-refractivity contribution in [2.45, 2.75) is 46.7 Å². The van der Waals surface area contributed by atoms with Crippen molar-refractivity contribution in [2.24, 2.45) is 4.99 Å². The average molecular weight is 322 g/mol. The van der Waals surface area contributed by atoms with Crippen LogP contribution in [0.2, 0.25) is 0 Å². The van der Waals surface area contributed by atoms with Gasteiger partial charge in [-0.1, -0.05) is 12.1 Å². The van der Waals surface area contributed by atoms with Gasteiger partial charge in [0.1, 0.15) is 5.82 Å². The Bertz CT molecular complexity index is 564. The van der Waals surface area contributed by atoms with Crippen molar-refractivity contribution >= 4 is 11.9 Å². The third-order valence-electron chi connectivity index (χ3n) is 2.93. The topological polar surface area (TPSA) is 65.5 Å². The number of carbonyl (C=O) groups is 1. The number of rotatable bonds is 5. The Morgan fingerprint density at radius 1 is 1.26 bits per heavy atom. The standard InChI is InChI=1S/C17H27FN4O/c1-6-19-16(21-11-15(23)22-17(3,4)5)20-10-13-8-7-12(2)14(18)9-13/h7-9H,6,10-11H2,1-5H3,(H,22,23)(H2,19,20,21). The van der Waals surface area contributed by atoms with E-state index in [1.165, 1.54) is 6.07 Å². The Labute approximate surface area is 137 Å². The smallest absolute Gasteiger partial charge is 0.239 e. The van der Waals surface area contributed by atoms with Crippen LogP contribution in [0.25, 0.3) is 0 Å². The van der Waals surface area contributed by atoms with Gasteiger partial charge in [0, 0.05) is 12.1 Å². The Balaban J connectivity index is 2.62. The van der Waals surface area contributed by atoms with Crippen LogP contribution in [0.5, 0.6) is 0 Å². The Kier molecular flexibility index (Phi) is 7.00. The van der Waals surface area contributed by atoms with E-state index in [0.29, 0.717) is 24.6 Å². The van der Waals surface area contributed by atoms with E-state index in [4.69, 9.17) is 0 Å². The van der Waals surface area contributed by atoms with Crippen molar-refractivity contribution in [1.29, 1.82) is 0 Å². The molecule has 0 fully saturated rings. The predicted octanol–water partition coefficient (Wildman–Crippen LogP) is 2.10. The van der Waals surface area contributed by atoms with Gasteiger partial charge in [-0.15, -0.1) is 0 Å². The molecule has 0 saturated carbocycles. The SMILES string of the molecule is CCNC(=NCc1ccc(C)c(F)c1)NCC(=O)NC(C)(C)C. The van der Waals surface area contributed by atoms with Gasteiger partial charge in [-0.3, -0.25) is 4.79 Å². The van der Waals surface area contributed by atoms with Crippen molar-refractivity contribution in [2.75, 3.05) is 13.1 Å². The molecule has 0 atom stereocenters. The molecular weight excluding hydrogens is 295 g/mol. The summed E-state index contributed by atoms with van der Waals surface area (Å²) < 4.78 is 13.5. The number of aliphatic imine (C=N–C) groups is 1. The lowest BCUT2D eigenvalue weighted by Crippen LogP contribution is -2.48. The number of guanidine groups is 1. The number of hydrogen-bond donors (Lipinski definition) is 3. The fraction of sp³-hybridized carbons (Fsp3) is 0.529. The Hall–Kier alpha value is -2.11. The maximum atomic E-state index is 13.5. The molecule has 1 rings (SSSR count). The second-order valence-corrected chi connectivity index (χ2v) is 6.43. The molecule has 0 aliphatic heterocycles. The van der Waals surface area contributed by atoms with Crippen LogP contribution < -0.4 is 16.0 Å². The zero-order chi connectivity index (χ0) is 17.5. The van der Waals surface area contributed by atoms with Crippen LogP contribution >= 0.6 is 0 Å². The first-order chi connectivity index (χ1) is 10.7. The third-order valence-corrected chi connectivity index (χ3v) is 2.93. The van der Waals surface area contributed by atoms with Gasteiger partial charge in [-0.2, -0.15) is 0 Å². The highest BCUT2D eigenvalue weighted by Gasteiger charge is 2.13. The second kappa shape index (κ2) is 8.50. The highest BCUT2D eigenvalue weighted by atomic mass is 19.1. The van der Waals surface area contributed by atoms with Crippen molar-refractivity contribution in [3.8, 4) is 0 Å². The van der Waals surface area contributed by atoms with Gasteiger partial charge in [0.25, 0.3) is 0 Å². The molecule has 0 radical (unpaired) electrons. The number of halogens is 1. The van der Waals surface area contributed by atoms with Crippen molar-refractivity contribution < 1.29 is 9.18 Å². The van der Waals surface area contributed by atoms with Gasteiger partial charge in [0.05, 0.1) is 13.1 Å². The first kappa shape index (κ1) is 18.9. The summed E-state index contributed by atoms with van der Waals surface area (Å²) in [5.41, 5.74) is 1.12. The zero-order valence-corrected chi connectivity index (χ0v) is 14.6. The van der Waals surface area contributed by atoms with E-state index >= 15 is 0 Å². The lowest BCUT2D eigenvalue weighted by Gasteiger charge is -2.21. The molecule has 0 aliphatic rings. The minimum absolute atomic E-state index is 0.107. The molecule has 3 N–H and O–H groups in total. The summed E-state index contributed by atoms with van der Waals surface area (Å²) in [6.45, 7) is 10.6. The van der Waals surface area contributed by atoms with Gasteiger partial charge in [0.2, 0.25) is 5.91 Å². The van der Waals surface area contributed by atoms with E-state index in [2.05, 4.69) is 20.9 Å². The highest BCUT2D eigenvalue weighted by molar-refractivity contribution is 5.86. The molecule has 1 aromatic rings. The van der Waals surface area contributed by atoms with E-state index in [-0.39, 0.29) is 23.8 Å². The van der Waals surface area contributed by atoms with Crippen LogP contribution in [0.4, 0.5) is 4.39 Å². The minimum Gasteiger partial charge on any atom is -0.357 e. The van der Waals surface area contributed by atoms with Crippen LogP contribution in [0.3, 0.4) is 0 Å². The summed E-state index contributed by atoms with van der Waals surface area (Å²) in [5, 5.41) is 8.90. The maximum absolute atomic E-state index is 13.5. The van der Waals surface area contributed by atoms with Gasteiger partial charge < -0.3 is 16.0 Å². The number of nitrogens with one attached hydrogen (secondary N) is 3. The normalized spacial score (nSPS) is 12.0. The molecule has 1 aromatic carbocycles. The summed E-state index contributed by atoms with van der Waals surface area (Å²) in [5.74, 6) is 0.183. The van der Waals surface area contributed by atoms with E-state index in [0.717, 1.165) is 5.56 Å². The van der Waals surface area contributed by atoms with Gasteiger partial charge in [-0.05, 0) is 51.8 Å². The van der Waals surface area contributed by atoms with E-state index in [1.807, 2.05) is 33.8 Å². The molecule has 0 aromatic heterocycles. The largest absolute Gasteiger partial charge is 0.357 e. The van der Waals surface area contributed by atoms with Crippen LogP contribution in [-0.4, -0.2) is 30.5 Å². The average Bonchev–Trinajstić information content (AvgIpc) is 2.43. The minimum atomic E-state index is -0.270. The fourth-order valence-electron chi connectivity index (χ4n) is 1.87. The molecule has 0 spiro atoms. The third kappa shape index (κ3) is 7.63. The molecule has 23 heavy (non-hydrogen) atoms. The van der Waals surface area contributed by atoms with Crippen LogP contribution in [0, 0.1) is 12.7 Å². The number of amides is 1. The summed E-state index contributed by atoms with van der Waals surface area (Å²) in [6, 6.07) is 5.06. The van der Waals surface area contributed by atoms with E-state index in [1.54, 1.807) is 13.0 Å². The summed E-state index contributed by atoms with van der Waals surface area (Å²) in [6.07, 6.45) is 0. The first-order valence-electron chi connectivity index (χ1n) is 7.79. The predicted molar refractivity (Wildman–Crippen MR) is 91.9 cm³/mol. The van der Waals surface area contributed by atoms with E-state index in [9.17, 15) is 9.18 Å². The summed E-state index contributed by atoms with van der Waals surface area (Å²) >= 11 is 0. The van der Waals surface area contributed by atoms with Gasteiger partial charge in [-0.25, -0.2) is 9.38 Å². The lowest BCUT2D eigenvalue weighted by atomic mass is 10.1. The quantitative estimate of drug-likeness (QED) is 0.574. The molecule has 0 bridgehead atoms. The fourth-order valence-corrected chi connectivity index (χ4v) is 1.87. The monoisotopic (exact) mass is 322 g/mol. The molecule has 0 aliphatic carbocycles. The first-order valence-corrected chi connectivity index (χ1v) is 7.79. The number of aryl methyl sites for hydroxylation is 1. The van der Waals surface area contributed by atoms with Crippen molar-refractivity contribution in [3.63, 3.8) is 0 Å². The van der Waals surface area contributed by atoms with Gasteiger partial charge in [0.15, 0.2) is 5.96 Å². The summed E-state index contributed by atoms with van der Waals surface area (Å²) in [7, 11) is 0.